The van der Waals surface area contributed by atoms with Crippen LogP contribution in [-0.2, 0) is 26.4 Å². The van der Waals surface area contributed by atoms with E-state index >= 15 is 0 Å². The summed E-state index contributed by atoms with van der Waals surface area (Å²) in [6, 6.07) is 0. The van der Waals surface area contributed by atoms with E-state index in [-0.39, 0.29) is 17.2 Å². The molecule has 1 fully saturated rings. The summed E-state index contributed by atoms with van der Waals surface area (Å²) in [4.78, 5) is -0.00324. The molecule has 1 unspecified atom stereocenters. The van der Waals surface area contributed by atoms with Crippen LogP contribution in [0.15, 0.2) is 17.3 Å². The second-order valence-corrected chi connectivity index (χ2v) is 9.95. The lowest BCUT2D eigenvalue weighted by molar-refractivity contribution is 0.405. The highest BCUT2D eigenvalue weighted by Crippen LogP contribution is 2.26. The van der Waals surface area contributed by atoms with Crippen LogP contribution in [0, 0.1) is 0 Å². The molecule has 0 spiro atoms. The fraction of sp³-hybridized carbons (Fsp3) is 0.700. The van der Waals surface area contributed by atoms with Crippen molar-refractivity contribution < 1.29 is 16.8 Å². The van der Waals surface area contributed by atoms with Crippen molar-refractivity contribution in [1.29, 1.82) is 0 Å². The maximum absolute atomic E-state index is 12.6. The number of thioether (sulfide) groups is 1. The second-order valence-electron chi connectivity index (χ2n) is 4.70. The fourth-order valence-electron chi connectivity index (χ4n) is 2.05. The minimum Gasteiger partial charge on any atom is -0.329 e. The summed E-state index contributed by atoms with van der Waals surface area (Å²) in [5.41, 5.74) is 5.40. The summed E-state index contributed by atoms with van der Waals surface area (Å²) in [7, 11) is -7.37. The molecule has 0 amide bonds. The maximum atomic E-state index is 12.6. The molecule has 21 heavy (non-hydrogen) atoms. The molecule has 1 aliphatic rings. The van der Waals surface area contributed by atoms with Crippen molar-refractivity contribution in [2.24, 2.45) is 5.73 Å². The van der Waals surface area contributed by atoms with Crippen LogP contribution in [0.5, 0.6) is 0 Å². The number of hydrogen-bond acceptors (Lipinski definition) is 7. The number of rotatable bonds is 5. The van der Waals surface area contributed by atoms with Gasteiger partial charge in [-0.2, -0.15) is 21.2 Å². The largest absolute Gasteiger partial charge is 0.329 e. The van der Waals surface area contributed by atoms with Gasteiger partial charge in [0.15, 0.2) is 9.84 Å². The number of sulfonamides is 1. The number of sulfone groups is 1. The van der Waals surface area contributed by atoms with Crippen molar-refractivity contribution in [3.8, 4) is 0 Å². The van der Waals surface area contributed by atoms with E-state index in [1.54, 1.807) is 0 Å². The molecular formula is C10H18N4O4S3. The van der Waals surface area contributed by atoms with Gasteiger partial charge in [0.25, 0.3) is 0 Å². The first-order valence-electron chi connectivity index (χ1n) is 6.28. The molecule has 2 rings (SSSR count). The SMILES string of the molecule is CS(=O)(=O)C1CSCCN1S(=O)(=O)c1cnn(CCN)c1. The fourth-order valence-corrected chi connectivity index (χ4v) is 7.17. The lowest BCUT2D eigenvalue weighted by Crippen LogP contribution is -2.49. The quantitative estimate of drug-likeness (QED) is 0.717. The molecular weight excluding hydrogens is 336 g/mol. The third-order valence-electron chi connectivity index (χ3n) is 3.11. The van der Waals surface area contributed by atoms with Gasteiger partial charge in [-0.1, -0.05) is 0 Å². The van der Waals surface area contributed by atoms with Crippen LogP contribution < -0.4 is 5.73 Å². The minimum atomic E-state index is -3.88. The van der Waals surface area contributed by atoms with Gasteiger partial charge >= 0.3 is 0 Å². The van der Waals surface area contributed by atoms with E-state index < -0.39 is 25.2 Å². The van der Waals surface area contributed by atoms with Crippen molar-refractivity contribution in [2.75, 3.05) is 30.9 Å². The van der Waals surface area contributed by atoms with E-state index in [0.717, 1.165) is 10.6 Å². The number of hydrogen-bond donors (Lipinski definition) is 1. The van der Waals surface area contributed by atoms with Crippen molar-refractivity contribution >= 4 is 31.6 Å². The number of nitrogens with two attached hydrogens (primary N) is 1. The summed E-state index contributed by atoms with van der Waals surface area (Å²) >= 11 is 1.44. The topological polar surface area (TPSA) is 115 Å². The molecule has 1 aromatic rings. The predicted molar refractivity (Wildman–Crippen MR) is 81.1 cm³/mol. The molecule has 1 atom stereocenters. The van der Waals surface area contributed by atoms with Crippen molar-refractivity contribution in [3.63, 3.8) is 0 Å². The molecule has 1 aliphatic heterocycles. The van der Waals surface area contributed by atoms with Gasteiger partial charge in [0, 0.05) is 37.0 Å². The third kappa shape index (κ3) is 3.59. The zero-order chi connectivity index (χ0) is 15.7. The molecule has 1 saturated heterocycles. The van der Waals surface area contributed by atoms with Crippen LogP contribution in [-0.4, -0.2) is 67.1 Å². The van der Waals surface area contributed by atoms with Gasteiger partial charge in [-0.3, -0.25) is 4.68 Å². The Morgan fingerprint density at radius 3 is 2.76 bits per heavy atom. The molecule has 8 nitrogen and oxygen atoms in total. The Labute approximate surface area is 128 Å². The Balaban J connectivity index is 2.36. The Hall–Kier alpha value is -0.620. The summed E-state index contributed by atoms with van der Waals surface area (Å²) in [5.74, 6) is 0.817. The van der Waals surface area contributed by atoms with E-state index in [2.05, 4.69) is 5.10 Å². The average molecular weight is 354 g/mol. The van der Waals surface area contributed by atoms with E-state index in [9.17, 15) is 16.8 Å². The molecule has 0 aromatic carbocycles. The van der Waals surface area contributed by atoms with Crippen molar-refractivity contribution in [3.05, 3.63) is 12.4 Å². The van der Waals surface area contributed by atoms with Gasteiger partial charge in [-0.15, -0.1) is 0 Å². The van der Waals surface area contributed by atoms with Crippen LogP contribution in [0.25, 0.3) is 0 Å². The Morgan fingerprint density at radius 1 is 1.43 bits per heavy atom. The van der Waals surface area contributed by atoms with Gasteiger partial charge in [-0.05, 0) is 0 Å². The Morgan fingerprint density at radius 2 is 2.14 bits per heavy atom. The summed E-state index contributed by atoms with van der Waals surface area (Å²) < 4.78 is 51.4. The molecule has 11 heteroatoms. The molecule has 0 saturated carbocycles. The first-order chi connectivity index (χ1) is 9.76. The summed E-state index contributed by atoms with van der Waals surface area (Å²) in [6.45, 7) is 0.918. The Kier molecular flexibility index (Phi) is 4.98. The van der Waals surface area contributed by atoms with Gasteiger partial charge in [0.1, 0.15) is 10.3 Å². The average Bonchev–Trinajstić information content (AvgIpc) is 2.87. The molecule has 0 radical (unpaired) electrons. The van der Waals surface area contributed by atoms with Crippen LogP contribution in [0.4, 0.5) is 0 Å². The van der Waals surface area contributed by atoms with Crippen LogP contribution in [0.3, 0.4) is 0 Å². The maximum Gasteiger partial charge on any atom is 0.247 e. The standard InChI is InChI=1S/C10H18N4O4S3/c1-20(15,16)10-8-19-5-4-14(10)21(17,18)9-6-12-13(7-9)3-2-11/h6-7,10H,2-5,8,11H2,1H3. The predicted octanol–water partition coefficient (Wildman–Crippen LogP) is -1.05. The molecule has 0 aliphatic carbocycles. The highest BCUT2D eigenvalue weighted by Gasteiger charge is 2.39. The van der Waals surface area contributed by atoms with Crippen LogP contribution >= 0.6 is 11.8 Å². The normalized spacial score (nSPS) is 21.5. The van der Waals surface area contributed by atoms with E-state index in [1.807, 2.05) is 0 Å². The summed E-state index contributed by atoms with van der Waals surface area (Å²) in [6.07, 6.45) is 3.67. The minimum absolute atomic E-state index is 0.00324. The lowest BCUT2D eigenvalue weighted by Gasteiger charge is -2.32. The smallest absolute Gasteiger partial charge is 0.247 e. The van der Waals surface area contributed by atoms with Gasteiger partial charge in [0.05, 0.1) is 12.7 Å². The zero-order valence-electron chi connectivity index (χ0n) is 11.5. The van der Waals surface area contributed by atoms with Gasteiger partial charge < -0.3 is 5.73 Å². The van der Waals surface area contributed by atoms with Crippen molar-refractivity contribution in [1.82, 2.24) is 14.1 Å². The number of nitrogens with zero attached hydrogens (tertiary/aromatic N) is 3. The number of aromatic nitrogens is 2. The first-order valence-corrected chi connectivity index (χ1v) is 10.8. The molecule has 1 aromatic heterocycles. The van der Waals surface area contributed by atoms with E-state index in [4.69, 9.17) is 5.73 Å². The first kappa shape index (κ1) is 16.7. The molecule has 2 heterocycles. The molecule has 2 N–H and O–H groups in total. The van der Waals surface area contributed by atoms with Gasteiger partial charge in [0.2, 0.25) is 10.0 Å². The third-order valence-corrected chi connectivity index (χ3v) is 7.74. The highest BCUT2D eigenvalue weighted by atomic mass is 32.2. The lowest BCUT2D eigenvalue weighted by atomic mass is 10.6. The monoisotopic (exact) mass is 354 g/mol. The van der Waals surface area contributed by atoms with E-state index in [1.165, 1.54) is 28.8 Å². The van der Waals surface area contributed by atoms with Crippen LogP contribution in [0.2, 0.25) is 0 Å². The van der Waals surface area contributed by atoms with E-state index in [0.29, 0.717) is 18.8 Å². The van der Waals surface area contributed by atoms with Crippen LogP contribution in [0.1, 0.15) is 0 Å². The highest BCUT2D eigenvalue weighted by molar-refractivity contribution is 8.01. The molecule has 120 valence electrons. The molecule has 0 bridgehead atoms. The second kappa shape index (κ2) is 6.24. The van der Waals surface area contributed by atoms with Gasteiger partial charge in [-0.25, -0.2) is 16.8 Å². The Bertz CT molecular complexity index is 698. The zero-order valence-corrected chi connectivity index (χ0v) is 14.0. The summed E-state index contributed by atoms with van der Waals surface area (Å²) in [5, 5.41) is 2.90. The van der Waals surface area contributed by atoms with Crippen molar-refractivity contribution in [2.45, 2.75) is 16.8 Å².